The third kappa shape index (κ3) is 1.35. The minimum atomic E-state index is -0.494. The van der Waals surface area contributed by atoms with Crippen LogP contribution in [0.15, 0.2) is 24.5 Å². The first-order valence-electron chi connectivity index (χ1n) is 3.99. The highest BCUT2D eigenvalue weighted by Gasteiger charge is 2.08. The van der Waals surface area contributed by atoms with Crippen LogP contribution in [0.25, 0.3) is 11.0 Å². The highest BCUT2D eigenvalue weighted by Crippen LogP contribution is 2.14. The second-order valence-electron chi connectivity index (χ2n) is 2.94. The molecule has 0 aliphatic carbocycles. The molecule has 2 aromatic heterocycles. The third-order valence-corrected chi connectivity index (χ3v) is 2.19. The number of rotatable bonds is 1. The number of nitrogens with zero attached hydrogens (tertiary/aromatic N) is 2. The van der Waals surface area contributed by atoms with Crippen molar-refractivity contribution in [2.24, 2.45) is 7.05 Å². The number of aromatic nitrogens is 2. The van der Waals surface area contributed by atoms with Crippen molar-refractivity contribution in [1.82, 2.24) is 9.55 Å². The van der Waals surface area contributed by atoms with Crippen LogP contribution in [0.2, 0.25) is 0 Å². The van der Waals surface area contributed by atoms with Crippen LogP contribution < -0.4 is 0 Å². The Bertz CT molecular complexity index is 493. The van der Waals surface area contributed by atoms with Crippen molar-refractivity contribution in [3.05, 3.63) is 30.1 Å². The molecule has 2 heterocycles. The van der Waals surface area contributed by atoms with Crippen molar-refractivity contribution in [3.63, 3.8) is 0 Å². The lowest BCUT2D eigenvalue weighted by Gasteiger charge is -1.98. The molecular weight excluding hydrogens is 200 g/mol. The molecule has 0 amide bonds. The van der Waals surface area contributed by atoms with E-state index in [4.69, 9.17) is 0 Å². The molecule has 0 saturated heterocycles. The lowest BCUT2D eigenvalue weighted by Crippen LogP contribution is -1.99. The molecule has 72 valence electrons. The highest BCUT2D eigenvalue weighted by atomic mass is 32.1. The summed E-state index contributed by atoms with van der Waals surface area (Å²) in [5.74, 6) is -0.494. The van der Waals surface area contributed by atoms with E-state index in [9.17, 15) is 4.79 Å². The number of aryl methyl sites for hydroxylation is 1. The molecule has 0 spiro atoms. The maximum Gasteiger partial charge on any atom is 0.351 e. The van der Waals surface area contributed by atoms with Crippen LogP contribution in [-0.4, -0.2) is 15.5 Å². The van der Waals surface area contributed by atoms with Crippen molar-refractivity contribution < 1.29 is 8.98 Å². The van der Waals surface area contributed by atoms with Gasteiger partial charge >= 0.3 is 5.97 Å². The van der Waals surface area contributed by atoms with Gasteiger partial charge in [0.05, 0.1) is 5.56 Å². The molecule has 4 nitrogen and oxygen atoms in total. The Morgan fingerprint density at radius 2 is 2.43 bits per heavy atom. The van der Waals surface area contributed by atoms with Crippen LogP contribution in [0.5, 0.6) is 0 Å². The predicted molar refractivity (Wildman–Crippen MR) is 55.1 cm³/mol. The monoisotopic (exact) mass is 208 g/mol. The molecular formula is C9H8N2O2S. The van der Waals surface area contributed by atoms with Gasteiger partial charge in [-0.1, -0.05) is 0 Å². The first-order valence-corrected chi connectivity index (χ1v) is 4.35. The molecule has 2 aromatic rings. The second-order valence-corrected chi connectivity index (χ2v) is 3.12. The Morgan fingerprint density at radius 3 is 3.14 bits per heavy atom. The van der Waals surface area contributed by atoms with Gasteiger partial charge in [-0.15, -0.1) is 0 Å². The topological polar surface area (TPSA) is 44.1 Å². The summed E-state index contributed by atoms with van der Waals surface area (Å²) in [6, 6.07) is 3.61. The van der Waals surface area contributed by atoms with Gasteiger partial charge in [0, 0.05) is 37.7 Å². The summed E-state index contributed by atoms with van der Waals surface area (Å²) in [5, 5.41) is 0.906. The van der Waals surface area contributed by atoms with Gasteiger partial charge in [-0.2, -0.15) is 0 Å². The number of hydrogen-bond donors (Lipinski definition) is 1. The molecule has 0 radical (unpaired) electrons. The average Bonchev–Trinajstić information content (AvgIpc) is 2.59. The molecule has 0 fully saturated rings. The molecule has 2 rings (SSSR count). The van der Waals surface area contributed by atoms with Gasteiger partial charge in [-0.25, -0.2) is 9.78 Å². The van der Waals surface area contributed by atoms with E-state index in [0.717, 1.165) is 11.0 Å². The van der Waals surface area contributed by atoms with E-state index in [1.807, 2.05) is 23.9 Å². The molecule has 0 N–H and O–H groups in total. The number of carbonyl (C=O) groups excluding carboxylic acids is 1. The van der Waals surface area contributed by atoms with Gasteiger partial charge in [0.25, 0.3) is 0 Å². The quantitative estimate of drug-likeness (QED) is 0.571. The van der Waals surface area contributed by atoms with Crippen LogP contribution in [0.3, 0.4) is 0 Å². The summed E-state index contributed by atoms with van der Waals surface area (Å²) in [4.78, 5) is 15.3. The molecule has 5 heteroatoms. The highest BCUT2D eigenvalue weighted by molar-refractivity contribution is 7.75. The maximum atomic E-state index is 11.1. The first-order chi connectivity index (χ1) is 6.72. The Balaban J connectivity index is 2.57. The van der Waals surface area contributed by atoms with Gasteiger partial charge in [0.1, 0.15) is 5.65 Å². The minimum Gasteiger partial charge on any atom is -0.391 e. The van der Waals surface area contributed by atoms with E-state index in [-0.39, 0.29) is 0 Å². The summed E-state index contributed by atoms with van der Waals surface area (Å²) >= 11 is 3.44. The van der Waals surface area contributed by atoms with E-state index >= 15 is 0 Å². The van der Waals surface area contributed by atoms with E-state index in [1.54, 1.807) is 6.07 Å². The molecule has 0 atom stereocenters. The minimum absolute atomic E-state index is 0.402. The Labute approximate surface area is 86.1 Å². The van der Waals surface area contributed by atoms with Crippen molar-refractivity contribution in [2.45, 2.75) is 0 Å². The molecule has 0 aliphatic rings. The lowest BCUT2D eigenvalue weighted by atomic mass is 10.2. The van der Waals surface area contributed by atoms with Crippen molar-refractivity contribution in [3.8, 4) is 0 Å². The van der Waals surface area contributed by atoms with Gasteiger partial charge in [-0.05, 0) is 12.1 Å². The number of hydrogen-bond acceptors (Lipinski definition) is 4. The maximum absolute atomic E-state index is 11.1. The Morgan fingerprint density at radius 1 is 1.64 bits per heavy atom. The summed E-state index contributed by atoms with van der Waals surface area (Å²) in [6.07, 6.45) is 3.36. The standard InChI is InChI=1S/C9H8N2O2S/c1-11-3-2-6-4-7(9(12)13-14)5-10-8(6)11/h2-5,14H,1H3. The molecule has 0 bridgehead atoms. The van der Waals surface area contributed by atoms with Gasteiger partial charge in [-0.3, -0.25) is 0 Å². The molecule has 14 heavy (non-hydrogen) atoms. The SMILES string of the molecule is Cn1ccc2cc(C(=O)OS)cnc21. The lowest BCUT2D eigenvalue weighted by molar-refractivity contribution is 0.0772. The van der Waals surface area contributed by atoms with Gasteiger partial charge in [0.15, 0.2) is 0 Å². The number of thiol groups is 1. The fourth-order valence-corrected chi connectivity index (χ4v) is 1.42. The van der Waals surface area contributed by atoms with Crippen molar-refractivity contribution >= 4 is 29.9 Å². The Hall–Kier alpha value is -1.49. The largest absolute Gasteiger partial charge is 0.391 e. The van der Waals surface area contributed by atoms with E-state index < -0.39 is 5.97 Å². The summed E-state index contributed by atoms with van der Waals surface area (Å²) in [6.45, 7) is 0. The zero-order valence-corrected chi connectivity index (χ0v) is 8.36. The van der Waals surface area contributed by atoms with Crippen molar-refractivity contribution in [1.29, 1.82) is 0 Å². The normalized spacial score (nSPS) is 10.4. The third-order valence-electron chi connectivity index (χ3n) is 2.03. The molecule has 0 aliphatic heterocycles. The predicted octanol–water partition coefficient (Wildman–Crippen LogP) is 1.57. The number of pyridine rings is 1. The second kappa shape index (κ2) is 3.34. The summed E-state index contributed by atoms with van der Waals surface area (Å²) < 4.78 is 6.18. The average molecular weight is 208 g/mol. The zero-order chi connectivity index (χ0) is 10.1. The van der Waals surface area contributed by atoms with Crippen LogP contribution in [0, 0.1) is 0 Å². The molecule has 0 aromatic carbocycles. The number of fused-ring (bicyclic) bond motifs is 1. The van der Waals surface area contributed by atoms with E-state index in [0.29, 0.717) is 5.56 Å². The fraction of sp³-hybridized carbons (Fsp3) is 0.111. The van der Waals surface area contributed by atoms with Gasteiger partial charge in [0.2, 0.25) is 0 Å². The Kier molecular flexibility index (Phi) is 2.17. The zero-order valence-electron chi connectivity index (χ0n) is 7.47. The van der Waals surface area contributed by atoms with Gasteiger partial charge < -0.3 is 8.75 Å². The molecule has 0 unspecified atom stereocenters. The first kappa shape index (κ1) is 9.08. The number of carbonyl (C=O) groups is 1. The molecule has 0 saturated carbocycles. The van der Waals surface area contributed by atoms with E-state index in [2.05, 4.69) is 22.1 Å². The summed E-state index contributed by atoms with van der Waals surface area (Å²) in [7, 11) is 1.89. The van der Waals surface area contributed by atoms with Crippen LogP contribution >= 0.6 is 12.9 Å². The van der Waals surface area contributed by atoms with Crippen molar-refractivity contribution in [2.75, 3.05) is 0 Å². The van der Waals surface area contributed by atoms with Crippen LogP contribution in [-0.2, 0) is 11.2 Å². The smallest absolute Gasteiger partial charge is 0.351 e. The van der Waals surface area contributed by atoms with E-state index in [1.165, 1.54) is 6.20 Å². The summed E-state index contributed by atoms with van der Waals surface area (Å²) in [5.41, 5.74) is 1.24. The van der Waals surface area contributed by atoms with Crippen LogP contribution in [0.4, 0.5) is 0 Å². The fourth-order valence-electron chi connectivity index (χ4n) is 1.32. The van der Waals surface area contributed by atoms with Crippen LogP contribution in [0.1, 0.15) is 10.4 Å².